The number of amides is 2. The number of carbonyl (C=O) groups is 2. The van der Waals surface area contributed by atoms with Crippen molar-refractivity contribution in [1.82, 2.24) is 14.7 Å². The number of ether oxygens (including phenoxy) is 1. The van der Waals surface area contributed by atoms with E-state index in [4.69, 9.17) is 16.3 Å². The van der Waals surface area contributed by atoms with Crippen LogP contribution < -0.4 is 9.64 Å². The van der Waals surface area contributed by atoms with Crippen molar-refractivity contribution in [2.45, 2.75) is 45.2 Å². The lowest BCUT2D eigenvalue weighted by molar-refractivity contribution is -0.119. The minimum absolute atomic E-state index is 0.0464. The third-order valence-corrected chi connectivity index (χ3v) is 9.16. The van der Waals surface area contributed by atoms with Crippen LogP contribution in [0.5, 0.6) is 5.75 Å². The second-order valence-electron chi connectivity index (χ2n) is 12.3. The largest absolute Gasteiger partial charge is 0.492 e. The SMILES string of the molecule is O=C(c1cccc(OCCN2CCCC2)c1)N1CCN(Cc2ccccc2)CCCN(C(=O)C2CC2)c2cc(Cl)ccc2C1. The number of halogens is 1. The molecule has 6 rings (SSSR count). The first kappa shape index (κ1) is 30.6. The number of nitrogens with zero attached hydrogens (tertiary/aromatic N) is 4. The van der Waals surface area contributed by atoms with Crippen LogP contribution in [0.4, 0.5) is 5.69 Å². The minimum Gasteiger partial charge on any atom is -0.492 e. The monoisotopic (exact) mass is 614 g/mol. The van der Waals surface area contributed by atoms with Crippen LogP contribution in [0.3, 0.4) is 0 Å². The molecule has 3 aromatic carbocycles. The normalized spacial score (nSPS) is 18.5. The predicted octanol–water partition coefficient (Wildman–Crippen LogP) is 6.11. The molecule has 0 unspecified atom stereocenters. The van der Waals surface area contributed by atoms with Gasteiger partial charge in [0.1, 0.15) is 12.4 Å². The Balaban J connectivity index is 1.26. The number of benzene rings is 3. The highest BCUT2D eigenvalue weighted by Crippen LogP contribution is 2.35. The molecule has 0 bridgehead atoms. The van der Waals surface area contributed by atoms with Crippen molar-refractivity contribution in [2.24, 2.45) is 5.92 Å². The van der Waals surface area contributed by atoms with Gasteiger partial charge in [0.25, 0.3) is 5.91 Å². The minimum atomic E-state index is -0.0464. The Morgan fingerprint density at radius 3 is 2.39 bits per heavy atom. The van der Waals surface area contributed by atoms with Crippen LogP contribution in [0, 0.1) is 5.92 Å². The lowest BCUT2D eigenvalue weighted by Gasteiger charge is -2.28. The fourth-order valence-electron chi connectivity index (χ4n) is 6.31. The van der Waals surface area contributed by atoms with Gasteiger partial charge >= 0.3 is 0 Å². The summed E-state index contributed by atoms with van der Waals surface area (Å²) in [5.41, 5.74) is 3.60. The average Bonchev–Trinajstić information content (AvgIpc) is 3.77. The van der Waals surface area contributed by atoms with Crippen molar-refractivity contribution in [1.29, 1.82) is 0 Å². The van der Waals surface area contributed by atoms with Crippen molar-refractivity contribution in [3.63, 3.8) is 0 Å². The van der Waals surface area contributed by atoms with E-state index in [0.29, 0.717) is 42.6 Å². The third kappa shape index (κ3) is 8.00. The summed E-state index contributed by atoms with van der Waals surface area (Å²) in [6, 6.07) is 23.7. The van der Waals surface area contributed by atoms with Crippen molar-refractivity contribution >= 4 is 29.1 Å². The van der Waals surface area contributed by atoms with Crippen LogP contribution in [0.2, 0.25) is 5.02 Å². The summed E-state index contributed by atoms with van der Waals surface area (Å²) in [7, 11) is 0. The zero-order valence-electron chi connectivity index (χ0n) is 25.5. The fourth-order valence-corrected chi connectivity index (χ4v) is 6.47. The first-order chi connectivity index (χ1) is 21.5. The lowest BCUT2D eigenvalue weighted by atomic mass is 10.1. The smallest absolute Gasteiger partial charge is 0.254 e. The molecular formula is C36H43ClN4O3. The number of carbonyl (C=O) groups excluding carboxylic acids is 2. The molecule has 3 aromatic rings. The van der Waals surface area contributed by atoms with Gasteiger partial charge in [-0.15, -0.1) is 0 Å². The topological polar surface area (TPSA) is 56.3 Å². The van der Waals surface area contributed by atoms with E-state index >= 15 is 0 Å². The van der Waals surface area contributed by atoms with E-state index < -0.39 is 0 Å². The molecule has 8 heteroatoms. The molecule has 2 heterocycles. The first-order valence-electron chi connectivity index (χ1n) is 16.1. The van der Waals surface area contributed by atoms with Crippen molar-refractivity contribution in [3.05, 3.63) is 94.5 Å². The second kappa shape index (κ2) is 14.6. The Hall–Kier alpha value is -3.39. The van der Waals surface area contributed by atoms with Crippen molar-refractivity contribution < 1.29 is 14.3 Å². The molecule has 44 heavy (non-hydrogen) atoms. The van der Waals surface area contributed by atoms with E-state index in [1.165, 1.54) is 18.4 Å². The summed E-state index contributed by atoms with van der Waals surface area (Å²) in [6.07, 6.45) is 5.22. The summed E-state index contributed by atoms with van der Waals surface area (Å²) in [6.45, 7) is 7.68. The highest BCUT2D eigenvalue weighted by Gasteiger charge is 2.35. The van der Waals surface area contributed by atoms with Gasteiger partial charge in [-0.3, -0.25) is 19.4 Å². The fraction of sp³-hybridized carbons (Fsp3) is 0.444. The summed E-state index contributed by atoms with van der Waals surface area (Å²) >= 11 is 6.51. The molecule has 7 nitrogen and oxygen atoms in total. The number of anilines is 1. The maximum absolute atomic E-state index is 14.2. The van der Waals surface area contributed by atoms with Crippen molar-refractivity contribution in [2.75, 3.05) is 57.3 Å². The van der Waals surface area contributed by atoms with Crippen LogP contribution in [0.25, 0.3) is 0 Å². The molecule has 1 saturated heterocycles. The van der Waals surface area contributed by atoms with E-state index in [1.807, 2.05) is 58.3 Å². The molecule has 2 amide bonds. The molecule has 0 spiro atoms. The van der Waals surface area contributed by atoms with Crippen molar-refractivity contribution in [3.8, 4) is 5.75 Å². The van der Waals surface area contributed by atoms with E-state index in [-0.39, 0.29) is 17.7 Å². The van der Waals surface area contributed by atoms with Gasteiger partial charge in [-0.1, -0.05) is 54.1 Å². The number of fused-ring (bicyclic) bond motifs is 1. The summed E-state index contributed by atoms with van der Waals surface area (Å²) in [4.78, 5) is 36.4. The van der Waals surface area contributed by atoms with Gasteiger partial charge in [0.2, 0.25) is 5.91 Å². The lowest BCUT2D eigenvalue weighted by Crippen LogP contribution is -2.38. The molecule has 232 valence electrons. The summed E-state index contributed by atoms with van der Waals surface area (Å²) in [5, 5.41) is 0.592. The van der Waals surface area contributed by atoms with Gasteiger partial charge in [0.05, 0.1) is 5.69 Å². The number of hydrogen-bond acceptors (Lipinski definition) is 5. The molecule has 0 radical (unpaired) electrons. The van der Waals surface area contributed by atoms with Gasteiger partial charge in [-0.25, -0.2) is 0 Å². The Labute approximate surface area is 266 Å². The highest BCUT2D eigenvalue weighted by molar-refractivity contribution is 6.31. The highest BCUT2D eigenvalue weighted by atomic mass is 35.5. The van der Waals surface area contributed by atoms with Gasteiger partial charge in [0, 0.05) is 62.3 Å². The van der Waals surface area contributed by atoms with E-state index in [2.05, 4.69) is 34.1 Å². The zero-order chi connectivity index (χ0) is 30.3. The quantitative estimate of drug-likeness (QED) is 0.307. The van der Waals surface area contributed by atoms with Gasteiger partial charge < -0.3 is 14.5 Å². The zero-order valence-corrected chi connectivity index (χ0v) is 26.3. The first-order valence-corrected chi connectivity index (χ1v) is 16.5. The average molecular weight is 615 g/mol. The van der Waals surface area contributed by atoms with Gasteiger partial charge in [-0.2, -0.15) is 0 Å². The number of hydrogen-bond donors (Lipinski definition) is 0. The van der Waals surface area contributed by atoms with Crippen LogP contribution in [0.15, 0.2) is 72.8 Å². The van der Waals surface area contributed by atoms with Gasteiger partial charge in [-0.05, 0) is 86.7 Å². The van der Waals surface area contributed by atoms with Crippen LogP contribution >= 0.6 is 11.6 Å². The molecular weight excluding hydrogens is 572 g/mol. The van der Waals surface area contributed by atoms with Crippen LogP contribution in [-0.2, 0) is 17.9 Å². The standard InChI is InChI=1S/C36H43ClN4O3/c37-32-15-14-31-27-40(35(42)30-10-6-11-33(24-30)44-23-22-38-16-4-5-17-38)21-20-39(26-28-8-2-1-3-9-28)18-7-19-41(34(31)25-32)36(43)29-12-13-29/h1-3,6,8-11,14-15,24-25,29H,4-5,7,12-13,16-23,26-27H2. The molecule has 0 N–H and O–H groups in total. The molecule has 0 atom stereocenters. The van der Waals surface area contributed by atoms with Gasteiger partial charge in [0.15, 0.2) is 0 Å². The number of likely N-dealkylation sites (tertiary alicyclic amines) is 1. The predicted molar refractivity (Wildman–Crippen MR) is 175 cm³/mol. The molecule has 3 aliphatic rings. The third-order valence-electron chi connectivity index (χ3n) is 8.93. The number of rotatable bonds is 8. The van der Waals surface area contributed by atoms with E-state index in [9.17, 15) is 9.59 Å². The molecule has 0 aromatic heterocycles. The van der Waals surface area contributed by atoms with E-state index in [0.717, 1.165) is 69.8 Å². The Kier molecular flexibility index (Phi) is 10.2. The Morgan fingerprint density at radius 2 is 1.59 bits per heavy atom. The Bertz CT molecular complexity index is 1420. The molecule has 1 saturated carbocycles. The van der Waals surface area contributed by atoms with Crippen LogP contribution in [0.1, 0.15) is 53.6 Å². The summed E-state index contributed by atoms with van der Waals surface area (Å²) in [5.74, 6) is 0.916. The maximum Gasteiger partial charge on any atom is 0.254 e. The molecule has 1 aliphatic carbocycles. The van der Waals surface area contributed by atoms with Crippen LogP contribution in [-0.4, -0.2) is 78.9 Å². The second-order valence-corrected chi connectivity index (χ2v) is 12.7. The Morgan fingerprint density at radius 1 is 0.795 bits per heavy atom. The maximum atomic E-state index is 14.2. The molecule has 2 fully saturated rings. The molecule has 2 aliphatic heterocycles. The summed E-state index contributed by atoms with van der Waals surface area (Å²) < 4.78 is 6.09. The van der Waals surface area contributed by atoms with E-state index in [1.54, 1.807) is 0 Å².